The van der Waals surface area contributed by atoms with Crippen molar-refractivity contribution >= 4 is 0 Å². The maximum Gasteiger partial charge on any atom is 0.362 e. The van der Waals surface area contributed by atoms with E-state index in [1.807, 2.05) is 0 Å². The molecular weight excluding hydrogens is 251 g/mol. The van der Waals surface area contributed by atoms with Crippen molar-refractivity contribution in [2.45, 2.75) is 24.5 Å². The molecular formula is C9H11FN2O6. The second kappa shape index (κ2) is 4.61. The minimum atomic E-state index is -1.52. The molecule has 0 unspecified atom stereocenters. The van der Waals surface area contributed by atoms with Crippen LogP contribution in [0.25, 0.3) is 0 Å². The van der Waals surface area contributed by atoms with E-state index >= 15 is 0 Å². The van der Waals surface area contributed by atoms with Gasteiger partial charge in [0.05, 0.1) is 6.61 Å². The van der Waals surface area contributed by atoms with Crippen LogP contribution in [-0.2, 0) is 4.74 Å². The van der Waals surface area contributed by atoms with E-state index in [0.717, 1.165) is 12.3 Å². The maximum atomic E-state index is 13.1. The van der Waals surface area contributed by atoms with E-state index in [9.17, 15) is 24.3 Å². The van der Waals surface area contributed by atoms with Gasteiger partial charge in [-0.3, -0.25) is 9.36 Å². The summed E-state index contributed by atoms with van der Waals surface area (Å²) in [5.41, 5.74) is -2.49. The molecule has 100 valence electrons. The van der Waals surface area contributed by atoms with E-state index in [1.54, 1.807) is 0 Å². The predicted octanol–water partition coefficient (Wildman–Crippen LogP) is -2.65. The Bertz CT molecular complexity index is 555. The Morgan fingerprint density at radius 2 is 2.00 bits per heavy atom. The third-order valence-corrected chi connectivity index (χ3v) is 2.75. The largest absolute Gasteiger partial charge is 0.394 e. The van der Waals surface area contributed by atoms with Crippen LogP contribution in [0.1, 0.15) is 6.23 Å². The number of nitrogens with zero attached hydrogens (tertiary/aromatic N) is 2. The normalized spacial score (nSPS) is 31.8. The van der Waals surface area contributed by atoms with Gasteiger partial charge in [-0.25, -0.2) is 4.79 Å². The van der Waals surface area contributed by atoms with Crippen LogP contribution in [-0.4, -0.2) is 49.6 Å². The molecule has 8 nitrogen and oxygen atoms in total. The number of hydrogen-bond acceptors (Lipinski definition) is 6. The first-order valence-corrected chi connectivity index (χ1v) is 5.10. The standard InChI is InChI=1S/C9H11FN2O6/c10-12-5(14)1-2-11(9(12)17)8-7(16)6(15)4(3-13)18-8/h1-2,4,6-8,13,15-16H,3H2/t4-,6-,7+,8-/m1/s1. The molecule has 1 aliphatic rings. The lowest BCUT2D eigenvalue weighted by Gasteiger charge is -2.16. The lowest BCUT2D eigenvalue weighted by atomic mass is 10.1. The minimum Gasteiger partial charge on any atom is -0.394 e. The van der Waals surface area contributed by atoms with Gasteiger partial charge in [0.1, 0.15) is 18.3 Å². The minimum absolute atomic E-state index is 0.571. The molecule has 4 atom stereocenters. The van der Waals surface area contributed by atoms with Crippen LogP contribution in [0.5, 0.6) is 0 Å². The van der Waals surface area contributed by atoms with E-state index in [2.05, 4.69) is 0 Å². The van der Waals surface area contributed by atoms with E-state index in [4.69, 9.17) is 9.84 Å². The summed E-state index contributed by atoms with van der Waals surface area (Å²) in [6.07, 6.45) is -4.44. The van der Waals surface area contributed by atoms with Gasteiger partial charge in [-0.2, -0.15) is 0 Å². The first-order valence-electron chi connectivity index (χ1n) is 5.10. The van der Waals surface area contributed by atoms with Crippen molar-refractivity contribution in [1.82, 2.24) is 9.36 Å². The molecule has 18 heavy (non-hydrogen) atoms. The fourth-order valence-corrected chi connectivity index (χ4v) is 1.77. The SMILES string of the molecule is O=c1ccn([C@@H]2O[C@H](CO)[C@@H](O)[C@@H]2O)c(=O)n1F. The molecule has 0 aliphatic carbocycles. The Labute approximate surface area is 99.0 Å². The summed E-state index contributed by atoms with van der Waals surface area (Å²) in [7, 11) is 0. The van der Waals surface area contributed by atoms with Crippen molar-refractivity contribution in [3.63, 3.8) is 0 Å². The van der Waals surface area contributed by atoms with Crippen molar-refractivity contribution in [2.24, 2.45) is 0 Å². The molecule has 9 heteroatoms. The predicted molar refractivity (Wildman–Crippen MR) is 54.5 cm³/mol. The van der Waals surface area contributed by atoms with Crippen LogP contribution in [0, 0.1) is 0 Å². The van der Waals surface area contributed by atoms with Gasteiger partial charge in [0.15, 0.2) is 6.23 Å². The Hall–Kier alpha value is -1.55. The summed E-state index contributed by atoms with van der Waals surface area (Å²) >= 11 is 0. The molecule has 0 spiro atoms. The number of aliphatic hydroxyl groups is 3. The van der Waals surface area contributed by atoms with Crippen LogP contribution in [0.15, 0.2) is 21.9 Å². The van der Waals surface area contributed by atoms with Crippen LogP contribution in [0.4, 0.5) is 4.48 Å². The van der Waals surface area contributed by atoms with Gasteiger partial charge in [-0.05, 0) is 0 Å². The van der Waals surface area contributed by atoms with Crippen molar-refractivity contribution in [1.29, 1.82) is 0 Å². The Balaban J connectivity index is 2.42. The number of ether oxygens (including phenoxy) is 1. The Morgan fingerprint density at radius 1 is 1.33 bits per heavy atom. The van der Waals surface area contributed by atoms with Crippen LogP contribution in [0.3, 0.4) is 0 Å². The number of rotatable bonds is 2. The summed E-state index contributed by atoms with van der Waals surface area (Å²) in [6, 6.07) is 0.774. The second-order valence-corrected chi connectivity index (χ2v) is 3.85. The molecule has 1 aliphatic heterocycles. The molecule has 1 fully saturated rings. The summed E-state index contributed by atoms with van der Waals surface area (Å²) in [4.78, 5) is 21.7. The molecule has 2 rings (SSSR count). The monoisotopic (exact) mass is 262 g/mol. The van der Waals surface area contributed by atoms with Crippen molar-refractivity contribution in [3.05, 3.63) is 33.1 Å². The topological polar surface area (TPSA) is 114 Å². The van der Waals surface area contributed by atoms with Crippen LogP contribution >= 0.6 is 0 Å². The second-order valence-electron chi connectivity index (χ2n) is 3.85. The highest BCUT2D eigenvalue weighted by Gasteiger charge is 2.43. The molecule has 1 saturated heterocycles. The average Bonchev–Trinajstić information content (AvgIpc) is 2.64. The zero-order valence-electron chi connectivity index (χ0n) is 9.01. The lowest BCUT2D eigenvalue weighted by Crippen LogP contribution is -2.40. The van der Waals surface area contributed by atoms with Gasteiger partial charge in [-0.1, -0.05) is 9.27 Å². The number of aromatic nitrogens is 2. The van der Waals surface area contributed by atoms with Gasteiger partial charge in [-0.15, -0.1) is 0 Å². The van der Waals surface area contributed by atoms with Gasteiger partial charge in [0, 0.05) is 12.3 Å². The number of aliphatic hydroxyl groups excluding tert-OH is 3. The van der Waals surface area contributed by atoms with Crippen LogP contribution in [0.2, 0.25) is 0 Å². The molecule has 1 aromatic rings. The van der Waals surface area contributed by atoms with Gasteiger partial charge < -0.3 is 20.1 Å². The highest BCUT2D eigenvalue weighted by Crippen LogP contribution is 2.27. The van der Waals surface area contributed by atoms with Crippen molar-refractivity contribution < 1.29 is 24.5 Å². The first-order chi connectivity index (χ1) is 8.47. The molecule has 1 aromatic heterocycles. The fraction of sp³-hybridized carbons (Fsp3) is 0.556. The average molecular weight is 262 g/mol. The van der Waals surface area contributed by atoms with E-state index in [1.165, 1.54) is 0 Å². The quantitative estimate of drug-likeness (QED) is 0.536. The third-order valence-electron chi connectivity index (χ3n) is 2.75. The lowest BCUT2D eigenvalue weighted by molar-refractivity contribution is -0.0565. The van der Waals surface area contributed by atoms with Crippen LogP contribution < -0.4 is 11.2 Å². The zero-order valence-corrected chi connectivity index (χ0v) is 9.01. The Morgan fingerprint density at radius 3 is 2.56 bits per heavy atom. The molecule has 3 N–H and O–H groups in total. The van der Waals surface area contributed by atoms with E-state index < -0.39 is 47.2 Å². The number of hydrogen-bond donors (Lipinski definition) is 3. The third kappa shape index (κ3) is 1.86. The van der Waals surface area contributed by atoms with Gasteiger partial charge >= 0.3 is 5.69 Å². The summed E-state index contributed by atoms with van der Waals surface area (Å²) < 4.78 is 18.7. The summed E-state index contributed by atoms with van der Waals surface area (Å²) in [5, 5.41) is 28.0. The van der Waals surface area contributed by atoms with Gasteiger partial charge in [0.2, 0.25) is 0 Å². The summed E-state index contributed by atoms with van der Waals surface area (Å²) in [5.74, 6) is 0. The molecule has 0 amide bonds. The maximum absolute atomic E-state index is 13.1. The fourth-order valence-electron chi connectivity index (χ4n) is 1.77. The molecule has 0 bridgehead atoms. The van der Waals surface area contributed by atoms with Gasteiger partial charge in [0.25, 0.3) is 5.56 Å². The summed E-state index contributed by atoms with van der Waals surface area (Å²) in [6.45, 7) is -0.571. The van der Waals surface area contributed by atoms with Crippen molar-refractivity contribution in [2.75, 3.05) is 6.61 Å². The zero-order chi connectivity index (χ0) is 13.4. The van der Waals surface area contributed by atoms with E-state index in [0.29, 0.717) is 4.57 Å². The van der Waals surface area contributed by atoms with Crippen molar-refractivity contribution in [3.8, 4) is 0 Å². The Kier molecular flexibility index (Phi) is 3.30. The number of halogens is 1. The first kappa shape index (κ1) is 12.9. The molecule has 0 saturated carbocycles. The molecule has 0 radical (unpaired) electrons. The smallest absolute Gasteiger partial charge is 0.362 e. The highest BCUT2D eigenvalue weighted by molar-refractivity contribution is 4.93. The molecule has 2 heterocycles. The highest BCUT2D eigenvalue weighted by atomic mass is 19.2. The van der Waals surface area contributed by atoms with E-state index in [-0.39, 0.29) is 0 Å². The molecule has 0 aromatic carbocycles.